The van der Waals surface area contributed by atoms with Gasteiger partial charge >= 0.3 is 0 Å². The standard InChI is InChI=1S/C8H17N/c1-4-7(2)8(3)5-6-9/h5,7H,4,6,9H2,1-3H3. The molecule has 0 heterocycles. The van der Waals surface area contributed by atoms with Crippen LogP contribution in [0.4, 0.5) is 0 Å². The highest BCUT2D eigenvalue weighted by Crippen LogP contribution is 2.11. The first-order chi connectivity index (χ1) is 4.22. The fourth-order valence-corrected chi connectivity index (χ4v) is 0.709. The summed E-state index contributed by atoms with van der Waals surface area (Å²) in [6, 6.07) is 0. The molecule has 1 nitrogen and oxygen atoms in total. The van der Waals surface area contributed by atoms with Crippen LogP contribution in [0.3, 0.4) is 0 Å². The summed E-state index contributed by atoms with van der Waals surface area (Å²) in [5, 5.41) is 0. The van der Waals surface area contributed by atoms with Gasteiger partial charge in [0.15, 0.2) is 0 Å². The third-order valence-corrected chi connectivity index (χ3v) is 1.83. The van der Waals surface area contributed by atoms with Crippen molar-refractivity contribution in [3.63, 3.8) is 0 Å². The number of allylic oxidation sites excluding steroid dienone is 1. The van der Waals surface area contributed by atoms with E-state index in [4.69, 9.17) is 5.73 Å². The summed E-state index contributed by atoms with van der Waals surface area (Å²) in [6.45, 7) is 7.23. The van der Waals surface area contributed by atoms with Crippen molar-refractivity contribution in [3.05, 3.63) is 11.6 Å². The maximum atomic E-state index is 5.35. The molecule has 0 spiro atoms. The Morgan fingerprint density at radius 1 is 1.67 bits per heavy atom. The van der Waals surface area contributed by atoms with Gasteiger partial charge in [-0.2, -0.15) is 0 Å². The number of rotatable bonds is 3. The molecular weight excluding hydrogens is 110 g/mol. The summed E-state index contributed by atoms with van der Waals surface area (Å²) in [4.78, 5) is 0. The van der Waals surface area contributed by atoms with Crippen molar-refractivity contribution < 1.29 is 0 Å². The molecule has 0 fully saturated rings. The zero-order valence-corrected chi connectivity index (χ0v) is 6.65. The third kappa shape index (κ3) is 3.31. The highest BCUT2D eigenvalue weighted by Gasteiger charge is 1.97. The minimum absolute atomic E-state index is 0.677. The molecule has 0 saturated carbocycles. The molecule has 54 valence electrons. The third-order valence-electron chi connectivity index (χ3n) is 1.83. The minimum Gasteiger partial charge on any atom is -0.327 e. The number of nitrogens with two attached hydrogens (primary N) is 1. The Morgan fingerprint density at radius 2 is 2.22 bits per heavy atom. The van der Waals surface area contributed by atoms with Crippen LogP contribution in [0.25, 0.3) is 0 Å². The van der Waals surface area contributed by atoms with E-state index in [1.54, 1.807) is 0 Å². The predicted octanol–water partition coefficient (Wildman–Crippen LogP) is 1.94. The largest absolute Gasteiger partial charge is 0.327 e. The van der Waals surface area contributed by atoms with E-state index in [-0.39, 0.29) is 0 Å². The van der Waals surface area contributed by atoms with Gasteiger partial charge in [-0.3, -0.25) is 0 Å². The van der Waals surface area contributed by atoms with Crippen LogP contribution in [-0.4, -0.2) is 6.54 Å². The Kier molecular flexibility index (Phi) is 4.41. The lowest BCUT2D eigenvalue weighted by atomic mass is 10.00. The molecule has 0 saturated heterocycles. The average Bonchev–Trinajstić information content (AvgIpc) is 1.87. The molecule has 1 heteroatoms. The van der Waals surface area contributed by atoms with E-state index in [2.05, 4.69) is 26.8 Å². The molecule has 9 heavy (non-hydrogen) atoms. The van der Waals surface area contributed by atoms with Crippen molar-refractivity contribution in [1.82, 2.24) is 0 Å². The fourth-order valence-electron chi connectivity index (χ4n) is 0.709. The maximum Gasteiger partial charge on any atom is 0.0109 e. The van der Waals surface area contributed by atoms with E-state index in [1.165, 1.54) is 12.0 Å². The first kappa shape index (κ1) is 8.70. The number of hydrogen-bond acceptors (Lipinski definition) is 1. The van der Waals surface area contributed by atoms with Crippen molar-refractivity contribution in [3.8, 4) is 0 Å². The van der Waals surface area contributed by atoms with Crippen LogP contribution in [0, 0.1) is 5.92 Å². The van der Waals surface area contributed by atoms with Crippen LogP contribution < -0.4 is 5.73 Å². The summed E-state index contributed by atoms with van der Waals surface area (Å²) in [5.41, 5.74) is 6.76. The zero-order valence-electron chi connectivity index (χ0n) is 6.65. The van der Waals surface area contributed by atoms with Crippen LogP contribution in [0.5, 0.6) is 0 Å². The van der Waals surface area contributed by atoms with Gasteiger partial charge < -0.3 is 5.73 Å². The molecule has 0 amide bonds. The molecule has 0 bridgehead atoms. The molecule has 0 aromatic heterocycles. The lowest BCUT2D eigenvalue weighted by Gasteiger charge is -2.07. The van der Waals surface area contributed by atoms with Crippen molar-refractivity contribution in [1.29, 1.82) is 0 Å². The summed E-state index contributed by atoms with van der Waals surface area (Å²) in [6.07, 6.45) is 3.30. The Hall–Kier alpha value is -0.300. The fraction of sp³-hybridized carbons (Fsp3) is 0.750. The molecule has 0 rings (SSSR count). The van der Waals surface area contributed by atoms with Crippen LogP contribution >= 0.6 is 0 Å². The molecule has 0 radical (unpaired) electrons. The van der Waals surface area contributed by atoms with Gasteiger partial charge in [-0.1, -0.05) is 25.5 Å². The second-order valence-corrected chi connectivity index (χ2v) is 2.49. The van der Waals surface area contributed by atoms with Gasteiger partial charge in [0.2, 0.25) is 0 Å². The quantitative estimate of drug-likeness (QED) is 0.576. The Morgan fingerprint density at radius 3 is 2.56 bits per heavy atom. The molecule has 0 aliphatic heterocycles. The molecule has 1 atom stereocenters. The summed E-state index contributed by atoms with van der Waals surface area (Å²) >= 11 is 0. The SMILES string of the molecule is CCC(C)C(C)=CCN. The van der Waals surface area contributed by atoms with Gasteiger partial charge in [0, 0.05) is 6.54 Å². The van der Waals surface area contributed by atoms with E-state index in [0.29, 0.717) is 12.5 Å². The van der Waals surface area contributed by atoms with Crippen molar-refractivity contribution in [2.24, 2.45) is 11.7 Å². The molecule has 0 aliphatic carbocycles. The van der Waals surface area contributed by atoms with Crippen LogP contribution in [0.2, 0.25) is 0 Å². The van der Waals surface area contributed by atoms with Gasteiger partial charge in [-0.25, -0.2) is 0 Å². The first-order valence-corrected chi connectivity index (χ1v) is 3.59. The zero-order chi connectivity index (χ0) is 7.28. The lowest BCUT2D eigenvalue weighted by Crippen LogP contribution is -1.99. The van der Waals surface area contributed by atoms with Gasteiger partial charge in [0.05, 0.1) is 0 Å². The summed E-state index contributed by atoms with van der Waals surface area (Å²) in [5.74, 6) is 0.702. The Bertz CT molecular complexity index is 94.7. The van der Waals surface area contributed by atoms with E-state index in [1.807, 2.05) is 0 Å². The summed E-state index contributed by atoms with van der Waals surface area (Å²) in [7, 11) is 0. The van der Waals surface area contributed by atoms with E-state index < -0.39 is 0 Å². The normalized spacial score (nSPS) is 15.8. The molecule has 0 aliphatic rings. The van der Waals surface area contributed by atoms with E-state index >= 15 is 0 Å². The average molecular weight is 127 g/mol. The topological polar surface area (TPSA) is 26.0 Å². The molecule has 0 aromatic carbocycles. The second kappa shape index (κ2) is 4.57. The second-order valence-electron chi connectivity index (χ2n) is 2.49. The first-order valence-electron chi connectivity index (χ1n) is 3.59. The van der Waals surface area contributed by atoms with Gasteiger partial charge in [0.25, 0.3) is 0 Å². The van der Waals surface area contributed by atoms with E-state index in [0.717, 1.165) is 0 Å². The highest BCUT2D eigenvalue weighted by molar-refractivity contribution is 5.02. The monoisotopic (exact) mass is 127 g/mol. The van der Waals surface area contributed by atoms with E-state index in [9.17, 15) is 0 Å². The number of hydrogen-bond donors (Lipinski definition) is 1. The van der Waals surface area contributed by atoms with Gasteiger partial charge in [-0.05, 0) is 19.3 Å². The predicted molar refractivity (Wildman–Crippen MR) is 42.3 cm³/mol. The lowest BCUT2D eigenvalue weighted by molar-refractivity contribution is 0.653. The van der Waals surface area contributed by atoms with Crippen molar-refractivity contribution in [2.45, 2.75) is 27.2 Å². The van der Waals surface area contributed by atoms with Crippen molar-refractivity contribution >= 4 is 0 Å². The molecule has 2 N–H and O–H groups in total. The van der Waals surface area contributed by atoms with Crippen LogP contribution in [-0.2, 0) is 0 Å². The molecule has 0 aromatic rings. The minimum atomic E-state index is 0.677. The van der Waals surface area contributed by atoms with Crippen LogP contribution in [0.1, 0.15) is 27.2 Å². The summed E-state index contributed by atoms with van der Waals surface area (Å²) < 4.78 is 0. The Labute approximate surface area is 57.9 Å². The van der Waals surface area contributed by atoms with Gasteiger partial charge in [0.1, 0.15) is 0 Å². The maximum absolute atomic E-state index is 5.35. The van der Waals surface area contributed by atoms with Crippen LogP contribution in [0.15, 0.2) is 11.6 Å². The van der Waals surface area contributed by atoms with Gasteiger partial charge in [-0.15, -0.1) is 0 Å². The Balaban J connectivity index is 3.70. The van der Waals surface area contributed by atoms with Crippen molar-refractivity contribution in [2.75, 3.05) is 6.54 Å². The molecule has 1 unspecified atom stereocenters. The smallest absolute Gasteiger partial charge is 0.0109 e. The molecular formula is C8H17N. The highest BCUT2D eigenvalue weighted by atomic mass is 14.5.